The second-order valence-corrected chi connectivity index (χ2v) is 10.1. The van der Waals surface area contributed by atoms with Crippen LogP contribution in [0, 0.1) is 11.3 Å². The molecule has 37 heavy (non-hydrogen) atoms. The molecule has 200 valence electrons. The summed E-state index contributed by atoms with van der Waals surface area (Å²) in [6, 6.07) is 10.0. The molecule has 0 aromatic heterocycles. The average Bonchev–Trinajstić information content (AvgIpc) is 3.22. The number of carbonyl (C=O) groups excluding carboxylic acids is 2. The summed E-state index contributed by atoms with van der Waals surface area (Å²) in [5, 5.41) is 31.1. The Morgan fingerprint density at radius 1 is 1.32 bits per heavy atom. The van der Waals surface area contributed by atoms with Gasteiger partial charge in [0.2, 0.25) is 0 Å². The number of hydrogen-bond acceptors (Lipinski definition) is 7. The minimum absolute atomic E-state index is 0.0755. The van der Waals surface area contributed by atoms with Crippen LogP contribution in [0.15, 0.2) is 42.0 Å². The minimum atomic E-state index is -2.80. The lowest BCUT2D eigenvalue weighted by Crippen LogP contribution is -2.47. The van der Waals surface area contributed by atoms with Crippen LogP contribution in [0.1, 0.15) is 44.7 Å². The molecule has 3 N–H and O–H groups in total. The summed E-state index contributed by atoms with van der Waals surface area (Å²) < 4.78 is 32.9. The molecule has 2 saturated heterocycles. The van der Waals surface area contributed by atoms with Crippen molar-refractivity contribution in [3.8, 4) is 6.07 Å². The lowest BCUT2D eigenvalue weighted by molar-refractivity contribution is -0.129. The predicted molar refractivity (Wildman–Crippen MR) is 132 cm³/mol. The third kappa shape index (κ3) is 7.99. The molecule has 1 aromatic carbocycles. The molecular weight excluding hydrogens is 485 g/mol. The van der Waals surface area contributed by atoms with Gasteiger partial charge < -0.3 is 25.0 Å². The van der Waals surface area contributed by atoms with Crippen LogP contribution in [0.5, 0.6) is 0 Å². The van der Waals surface area contributed by atoms with Gasteiger partial charge in [-0.05, 0) is 38.3 Å². The molecule has 0 unspecified atom stereocenters. The van der Waals surface area contributed by atoms with Gasteiger partial charge in [0, 0.05) is 31.4 Å². The Kier molecular flexibility index (Phi) is 9.28. The van der Waals surface area contributed by atoms with Crippen LogP contribution < -0.4 is 5.32 Å². The number of piperidine rings is 1. The number of alkyl carbamates (subject to hydrolysis) is 1. The van der Waals surface area contributed by atoms with Gasteiger partial charge in [0.1, 0.15) is 17.7 Å². The van der Waals surface area contributed by atoms with E-state index in [2.05, 4.69) is 5.32 Å². The van der Waals surface area contributed by atoms with E-state index in [1.54, 1.807) is 49.1 Å². The highest BCUT2D eigenvalue weighted by atomic mass is 19.3. The van der Waals surface area contributed by atoms with Crippen LogP contribution in [-0.4, -0.2) is 82.7 Å². The number of nitrogens with one attached hydrogen (secondary N) is 1. The number of likely N-dealkylation sites (tertiary alicyclic amines) is 2. The molecule has 2 fully saturated rings. The molecule has 2 amide bonds. The van der Waals surface area contributed by atoms with Crippen LogP contribution >= 0.6 is 0 Å². The quantitative estimate of drug-likeness (QED) is 0.274. The van der Waals surface area contributed by atoms with Crippen LogP contribution in [0.2, 0.25) is 6.32 Å². The number of ether oxygens (including phenoxy) is 1. The van der Waals surface area contributed by atoms with Crippen LogP contribution in [0.4, 0.5) is 13.6 Å². The van der Waals surface area contributed by atoms with Gasteiger partial charge in [0.15, 0.2) is 0 Å². The fraction of sp³-hybridized carbons (Fsp3) is 0.560. The number of benzene rings is 1. The normalized spacial score (nSPS) is 21.2. The predicted octanol–water partition coefficient (Wildman–Crippen LogP) is 2.49. The van der Waals surface area contributed by atoms with Gasteiger partial charge >= 0.3 is 13.2 Å². The second-order valence-electron chi connectivity index (χ2n) is 10.1. The zero-order chi connectivity index (χ0) is 27.2. The van der Waals surface area contributed by atoms with Gasteiger partial charge in [-0.15, -0.1) is 0 Å². The summed E-state index contributed by atoms with van der Waals surface area (Å²) in [4.78, 5) is 28.7. The molecule has 2 atom stereocenters. The first-order chi connectivity index (χ1) is 17.4. The first-order valence-corrected chi connectivity index (χ1v) is 12.3. The van der Waals surface area contributed by atoms with E-state index in [1.165, 1.54) is 11.0 Å². The van der Waals surface area contributed by atoms with Crippen LogP contribution in [0.25, 0.3) is 0 Å². The topological polar surface area (TPSA) is 126 Å². The van der Waals surface area contributed by atoms with Crippen molar-refractivity contribution >= 4 is 19.1 Å². The molecule has 0 aliphatic carbocycles. The standard InChI is InChI=1S/C25H33BF2N4O5/c1-24(2,32-12-10-25(27,28)17-32)13-19(15-29)22(33)31-11-6-9-20(16-31)37-23(34)30-21(14-26(35)36)18-7-4-3-5-8-18/h3-5,7-8,13,20-21,35-36H,6,9-12,14,16-17H2,1-2H3,(H,30,34)/t20-,21+/m0/s1. The van der Waals surface area contributed by atoms with Crippen molar-refractivity contribution in [3.05, 3.63) is 47.5 Å². The maximum absolute atomic E-state index is 13.7. The summed E-state index contributed by atoms with van der Waals surface area (Å²) in [7, 11) is -1.64. The van der Waals surface area contributed by atoms with Crippen molar-refractivity contribution < 1.29 is 33.2 Å². The summed E-state index contributed by atoms with van der Waals surface area (Å²) in [5.74, 6) is -3.34. The maximum Gasteiger partial charge on any atom is 0.453 e. The van der Waals surface area contributed by atoms with Gasteiger partial charge in [-0.25, -0.2) is 13.6 Å². The van der Waals surface area contributed by atoms with Crippen molar-refractivity contribution in [3.63, 3.8) is 0 Å². The SMILES string of the molecule is CC(C)(C=C(C#N)C(=O)N1CCC[C@H](OC(=O)N[C@H](CB(O)O)c2ccccc2)C1)N1CCC(F)(F)C1. The van der Waals surface area contributed by atoms with E-state index in [4.69, 9.17) is 4.74 Å². The lowest BCUT2D eigenvalue weighted by Gasteiger charge is -2.35. The van der Waals surface area contributed by atoms with E-state index in [0.717, 1.165) is 0 Å². The molecule has 2 aliphatic heterocycles. The second kappa shape index (κ2) is 12.0. The molecule has 0 spiro atoms. The van der Waals surface area contributed by atoms with E-state index < -0.39 is 49.3 Å². The number of nitriles is 1. The number of hydrogen-bond donors (Lipinski definition) is 3. The molecule has 3 rings (SSSR count). The number of amides is 2. The van der Waals surface area contributed by atoms with E-state index >= 15 is 0 Å². The highest BCUT2D eigenvalue weighted by Crippen LogP contribution is 2.33. The molecule has 2 aliphatic rings. The molecule has 0 saturated carbocycles. The summed E-state index contributed by atoms with van der Waals surface area (Å²) in [5.41, 5.74) is -0.391. The van der Waals surface area contributed by atoms with Gasteiger partial charge in [-0.3, -0.25) is 9.69 Å². The van der Waals surface area contributed by atoms with Gasteiger partial charge in [-0.2, -0.15) is 5.26 Å². The minimum Gasteiger partial charge on any atom is -0.444 e. The molecule has 0 bridgehead atoms. The average molecular weight is 518 g/mol. The van der Waals surface area contributed by atoms with E-state index in [-0.39, 0.29) is 31.4 Å². The lowest BCUT2D eigenvalue weighted by atomic mass is 9.79. The summed E-state index contributed by atoms with van der Waals surface area (Å²) in [6.45, 7) is 3.55. The van der Waals surface area contributed by atoms with E-state index in [1.807, 2.05) is 6.07 Å². The van der Waals surface area contributed by atoms with E-state index in [9.17, 15) is 33.7 Å². The van der Waals surface area contributed by atoms with Gasteiger partial charge in [-0.1, -0.05) is 30.3 Å². The van der Waals surface area contributed by atoms with Crippen molar-refractivity contribution in [2.75, 3.05) is 26.2 Å². The highest BCUT2D eigenvalue weighted by Gasteiger charge is 2.43. The Bertz CT molecular complexity index is 1030. The van der Waals surface area contributed by atoms with Gasteiger partial charge in [0.05, 0.1) is 19.1 Å². The fourth-order valence-electron chi connectivity index (χ4n) is 4.71. The molecule has 0 radical (unpaired) electrons. The first-order valence-electron chi connectivity index (χ1n) is 12.3. The molecule has 2 heterocycles. The first kappa shape index (κ1) is 28.6. The monoisotopic (exact) mass is 518 g/mol. The Hall–Kier alpha value is -3.01. The maximum atomic E-state index is 13.7. The molecule has 12 heteroatoms. The Morgan fingerprint density at radius 2 is 2.03 bits per heavy atom. The smallest absolute Gasteiger partial charge is 0.444 e. The number of rotatable bonds is 8. The van der Waals surface area contributed by atoms with Crippen molar-refractivity contribution in [2.24, 2.45) is 0 Å². The van der Waals surface area contributed by atoms with Crippen molar-refractivity contribution in [1.82, 2.24) is 15.1 Å². The van der Waals surface area contributed by atoms with Gasteiger partial charge in [0.25, 0.3) is 11.8 Å². The number of halogens is 2. The third-order valence-corrected chi connectivity index (χ3v) is 6.71. The number of carbonyl (C=O) groups is 2. The molecular formula is C25H33BF2N4O5. The van der Waals surface area contributed by atoms with Crippen molar-refractivity contribution in [2.45, 2.75) is 63.0 Å². The summed E-state index contributed by atoms with van der Waals surface area (Å²) in [6.07, 6.45) is 0.689. The van der Waals surface area contributed by atoms with Crippen LogP contribution in [-0.2, 0) is 9.53 Å². The zero-order valence-electron chi connectivity index (χ0n) is 21.1. The highest BCUT2D eigenvalue weighted by molar-refractivity contribution is 6.41. The fourth-order valence-corrected chi connectivity index (χ4v) is 4.71. The Balaban J connectivity index is 1.62. The zero-order valence-corrected chi connectivity index (χ0v) is 21.1. The third-order valence-electron chi connectivity index (χ3n) is 6.71. The molecule has 9 nitrogen and oxygen atoms in total. The Morgan fingerprint density at radius 3 is 2.62 bits per heavy atom. The summed E-state index contributed by atoms with van der Waals surface area (Å²) >= 11 is 0. The van der Waals surface area contributed by atoms with Crippen LogP contribution in [0.3, 0.4) is 0 Å². The molecule has 1 aromatic rings. The van der Waals surface area contributed by atoms with Crippen molar-refractivity contribution in [1.29, 1.82) is 5.26 Å². The Labute approximate surface area is 215 Å². The number of nitrogens with zero attached hydrogens (tertiary/aromatic N) is 3. The largest absolute Gasteiger partial charge is 0.453 e. The number of alkyl halides is 2. The van der Waals surface area contributed by atoms with E-state index in [0.29, 0.717) is 24.9 Å².